The summed E-state index contributed by atoms with van der Waals surface area (Å²) in [5.41, 5.74) is 8.76. The number of hydrogen-bond donors (Lipinski definition) is 2. The van der Waals surface area contributed by atoms with Crippen LogP contribution in [-0.2, 0) is 32.1 Å². The summed E-state index contributed by atoms with van der Waals surface area (Å²) in [5, 5.41) is 24.8. The second kappa shape index (κ2) is 21.1. The number of anilines is 2. The van der Waals surface area contributed by atoms with E-state index >= 15 is 0 Å². The van der Waals surface area contributed by atoms with Crippen molar-refractivity contribution in [2.75, 3.05) is 50.2 Å². The van der Waals surface area contributed by atoms with E-state index in [2.05, 4.69) is 88.2 Å². The van der Waals surface area contributed by atoms with Gasteiger partial charge in [-0.2, -0.15) is 0 Å². The van der Waals surface area contributed by atoms with Crippen LogP contribution in [0.3, 0.4) is 0 Å². The van der Waals surface area contributed by atoms with E-state index in [9.17, 15) is 9.59 Å². The number of aromatic nitrogens is 6. The Balaban J connectivity index is 0.773. The van der Waals surface area contributed by atoms with E-state index < -0.39 is 0 Å². The topological polar surface area (TPSA) is 179 Å². The minimum absolute atomic E-state index is 0.0321. The molecule has 2 aromatic carbocycles. The van der Waals surface area contributed by atoms with Crippen LogP contribution in [0, 0.1) is 6.92 Å². The number of nitrogens with one attached hydrogen (secondary N) is 2. The van der Waals surface area contributed by atoms with Crippen molar-refractivity contribution in [3.8, 4) is 23.3 Å². The van der Waals surface area contributed by atoms with Crippen molar-refractivity contribution in [1.29, 1.82) is 0 Å². The maximum atomic E-state index is 13.8. The van der Waals surface area contributed by atoms with Gasteiger partial charge in [0.2, 0.25) is 11.8 Å². The van der Waals surface area contributed by atoms with E-state index in [0.717, 1.165) is 124 Å². The standard InChI is InChI=1S/C54H60N10O6/c1-34-26-47(59-61-51(34)63-22-18-43(19-23-63)69-45-14-16-49(67-2)55-32-45)53(65)57-42-13-11-38-27-35(8-9-39(38)30-42)28-40-31-48(54(66)58-41-12-10-36-6-4-5-7-37(36)29-41)60-62-52(40)64-24-20-44(21-25-64)70-46-15-17-50(68-3)56-33-46/h4-9,14-17,26-27,31-33,41-44H,10-13,18-25,28-30H2,1-3H3,(H,57,65)(H,58,66). The Morgan fingerprint density at radius 3 is 1.67 bits per heavy atom. The highest BCUT2D eigenvalue weighted by molar-refractivity contribution is 5.93. The molecule has 2 fully saturated rings. The summed E-state index contributed by atoms with van der Waals surface area (Å²) < 4.78 is 22.8. The molecule has 4 aliphatic rings. The summed E-state index contributed by atoms with van der Waals surface area (Å²) in [6, 6.07) is 26.2. The maximum absolute atomic E-state index is 13.8. The molecule has 2 aliphatic carbocycles. The Morgan fingerprint density at radius 2 is 1.11 bits per heavy atom. The molecule has 362 valence electrons. The predicted octanol–water partition coefficient (Wildman–Crippen LogP) is 6.64. The molecule has 2 unspecified atom stereocenters. The highest BCUT2D eigenvalue weighted by atomic mass is 16.5. The summed E-state index contributed by atoms with van der Waals surface area (Å²) in [4.78, 5) is 40.4. The van der Waals surface area contributed by atoms with Gasteiger partial charge in [0.25, 0.3) is 11.8 Å². The van der Waals surface area contributed by atoms with Gasteiger partial charge in [0.15, 0.2) is 23.0 Å². The number of amides is 2. The van der Waals surface area contributed by atoms with Crippen molar-refractivity contribution in [3.05, 3.63) is 142 Å². The number of aryl methyl sites for hydroxylation is 3. The van der Waals surface area contributed by atoms with Crippen LogP contribution in [0.5, 0.6) is 23.3 Å². The van der Waals surface area contributed by atoms with Crippen molar-refractivity contribution in [2.24, 2.45) is 0 Å². The molecule has 0 spiro atoms. The molecule has 4 aromatic heterocycles. The third-order valence-electron chi connectivity index (χ3n) is 14.1. The van der Waals surface area contributed by atoms with Crippen LogP contribution in [0.2, 0.25) is 0 Å². The van der Waals surface area contributed by atoms with Gasteiger partial charge in [-0.15, -0.1) is 20.4 Å². The van der Waals surface area contributed by atoms with E-state index in [-0.39, 0.29) is 36.1 Å². The summed E-state index contributed by atoms with van der Waals surface area (Å²) in [7, 11) is 3.19. The smallest absolute Gasteiger partial charge is 0.272 e. The summed E-state index contributed by atoms with van der Waals surface area (Å²) in [5.74, 6) is 3.70. The Kier molecular flexibility index (Phi) is 14.0. The number of fused-ring (bicyclic) bond motifs is 2. The van der Waals surface area contributed by atoms with Gasteiger partial charge in [0.05, 0.1) is 26.6 Å². The average molecular weight is 945 g/mol. The van der Waals surface area contributed by atoms with Gasteiger partial charge in [-0.05, 0) is 103 Å². The van der Waals surface area contributed by atoms with E-state index in [1.54, 1.807) is 38.7 Å². The molecule has 2 aliphatic heterocycles. The first-order valence-corrected chi connectivity index (χ1v) is 24.6. The lowest BCUT2D eigenvalue weighted by Gasteiger charge is -2.33. The number of carbonyl (C=O) groups excluding carboxylic acids is 2. The van der Waals surface area contributed by atoms with E-state index in [1.807, 2.05) is 31.2 Å². The van der Waals surface area contributed by atoms with E-state index in [1.165, 1.54) is 22.3 Å². The lowest BCUT2D eigenvalue weighted by atomic mass is 9.86. The summed E-state index contributed by atoms with van der Waals surface area (Å²) >= 11 is 0. The molecule has 2 atom stereocenters. The van der Waals surface area contributed by atoms with Crippen LogP contribution in [0.1, 0.15) is 98.4 Å². The molecule has 16 heteroatoms. The number of methoxy groups -OCH3 is 2. The first-order valence-electron chi connectivity index (χ1n) is 24.6. The second-order valence-corrected chi connectivity index (χ2v) is 18.9. The number of carbonyl (C=O) groups is 2. The van der Waals surface area contributed by atoms with Gasteiger partial charge >= 0.3 is 0 Å². The number of benzene rings is 2. The van der Waals surface area contributed by atoms with E-state index in [0.29, 0.717) is 35.3 Å². The van der Waals surface area contributed by atoms with Gasteiger partial charge in [-0.25, -0.2) is 9.97 Å². The van der Waals surface area contributed by atoms with Crippen LogP contribution in [0.4, 0.5) is 11.6 Å². The van der Waals surface area contributed by atoms with Crippen molar-refractivity contribution in [3.63, 3.8) is 0 Å². The lowest BCUT2D eigenvalue weighted by molar-refractivity contribution is 0.0919. The van der Waals surface area contributed by atoms with Crippen molar-refractivity contribution >= 4 is 23.5 Å². The zero-order valence-electron chi connectivity index (χ0n) is 40.1. The molecule has 0 saturated carbocycles. The molecule has 0 radical (unpaired) electrons. The van der Waals surface area contributed by atoms with Crippen LogP contribution < -0.4 is 39.4 Å². The number of nitrogens with zero attached hydrogens (tertiary/aromatic N) is 8. The first kappa shape index (κ1) is 46.4. The Labute approximate surface area is 408 Å². The number of hydrogen-bond acceptors (Lipinski definition) is 14. The Bertz CT molecular complexity index is 2790. The van der Waals surface area contributed by atoms with Crippen LogP contribution >= 0.6 is 0 Å². The average Bonchev–Trinajstić information content (AvgIpc) is 3.39. The minimum atomic E-state index is -0.216. The third-order valence-corrected chi connectivity index (χ3v) is 14.1. The van der Waals surface area contributed by atoms with Gasteiger partial charge in [0, 0.05) is 88.1 Å². The van der Waals surface area contributed by atoms with Gasteiger partial charge in [0.1, 0.15) is 23.7 Å². The number of pyridine rings is 2. The molecule has 10 rings (SSSR count). The van der Waals surface area contributed by atoms with Gasteiger partial charge in [-0.1, -0.05) is 42.5 Å². The lowest BCUT2D eigenvalue weighted by Crippen LogP contribution is -2.40. The Hall–Kier alpha value is -7.36. The summed E-state index contributed by atoms with van der Waals surface area (Å²) in [6.45, 7) is 4.99. The SMILES string of the molecule is COc1ccc(OC2CCN(c3nnc(C(=O)NC4CCc5cc(Cc6cc(C(=O)NC7CCc8ccccc8C7)nnc6N6CCC(Oc7ccc(OC)nc7)CC6)ccc5C4)cc3C)CC2)cn1. The maximum Gasteiger partial charge on any atom is 0.272 e. The molecular formula is C54H60N10O6. The molecular weight excluding hydrogens is 885 g/mol. The zero-order chi connectivity index (χ0) is 48.0. The van der Waals surface area contributed by atoms with Crippen molar-refractivity contribution < 1.29 is 28.5 Å². The van der Waals surface area contributed by atoms with E-state index in [4.69, 9.17) is 24.0 Å². The quantitative estimate of drug-likeness (QED) is 0.119. The predicted molar refractivity (Wildman–Crippen MR) is 264 cm³/mol. The Morgan fingerprint density at radius 1 is 0.586 bits per heavy atom. The fourth-order valence-electron chi connectivity index (χ4n) is 10.3. The molecule has 6 aromatic rings. The fraction of sp³-hybridized carbons (Fsp3) is 0.407. The van der Waals surface area contributed by atoms with Gasteiger partial charge in [-0.3, -0.25) is 9.59 Å². The van der Waals surface area contributed by atoms with Crippen molar-refractivity contribution in [1.82, 2.24) is 41.0 Å². The number of ether oxygens (including phenoxy) is 4. The minimum Gasteiger partial charge on any atom is -0.489 e. The van der Waals surface area contributed by atoms with Crippen LogP contribution in [0.25, 0.3) is 0 Å². The number of rotatable bonds is 14. The normalized spacial score (nSPS) is 18.3. The van der Waals surface area contributed by atoms with Crippen LogP contribution in [0.15, 0.2) is 91.3 Å². The largest absolute Gasteiger partial charge is 0.489 e. The zero-order valence-corrected chi connectivity index (χ0v) is 40.1. The molecule has 2 saturated heterocycles. The third kappa shape index (κ3) is 10.9. The molecule has 70 heavy (non-hydrogen) atoms. The highest BCUT2D eigenvalue weighted by Crippen LogP contribution is 2.31. The molecule has 6 heterocycles. The van der Waals surface area contributed by atoms with Gasteiger partial charge < -0.3 is 39.4 Å². The number of piperidine rings is 2. The molecule has 2 amide bonds. The molecule has 16 nitrogen and oxygen atoms in total. The first-order chi connectivity index (χ1) is 34.2. The summed E-state index contributed by atoms with van der Waals surface area (Å²) in [6.07, 6.45) is 12.3. The highest BCUT2D eigenvalue weighted by Gasteiger charge is 2.29. The van der Waals surface area contributed by atoms with Crippen LogP contribution in [-0.4, -0.2) is 107 Å². The van der Waals surface area contributed by atoms with Crippen molar-refractivity contribution in [2.45, 2.75) is 102 Å². The second-order valence-electron chi connectivity index (χ2n) is 18.9. The fourth-order valence-corrected chi connectivity index (χ4v) is 10.3. The molecule has 0 bridgehead atoms. The monoisotopic (exact) mass is 944 g/mol. The molecule has 2 N–H and O–H groups in total.